The first-order valence-corrected chi connectivity index (χ1v) is 5.53. The molecule has 1 aliphatic rings. The topological polar surface area (TPSA) is 29.9 Å². The minimum Gasteiger partial charge on any atom is -0.381 e. The number of nitrogens with zero attached hydrogens (tertiary/aromatic N) is 1. The van der Waals surface area contributed by atoms with Crippen LogP contribution in [0.2, 0.25) is 0 Å². The van der Waals surface area contributed by atoms with Crippen molar-refractivity contribution in [2.45, 2.75) is 25.8 Å². The van der Waals surface area contributed by atoms with E-state index in [1.54, 1.807) is 0 Å². The van der Waals surface area contributed by atoms with Crippen molar-refractivity contribution in [2.75, 3.05) is 13.2 Å². The van der Waals surface area contributed by atoms with Crippen LogP contribution in [-0.4, -0.2) is 22.8 Å². The van der Waals surface area contributed by atoms with E-state index in [0.29, 0.717) is 12.0 Å². The molecule has 1 aliphatic heterocycles. The second-order valence-electron chi connectivity index (χ2n) is 3.86. The average Bonchev–Trinajstić information content (AvgIpc) is 2.65. The van der Waals surface area contributed by atoms with E-state index in [-0.39, 0.29) is 0 Å². The van der Waals surface area contributed by atoms with Crippen LogP contribution in [0, 0.1) is 10.7 Å². The third-order valence-electron chi connectivity index (χ3n) is 3.06. The second-order valence-corrected chi connectivity index (χ2v) is 4.25. The smallest absolute Gasteiger partial charge is 0.177 e. The molecule has 1 aromatic rings. The standard InChI is InChI=1S/C10H16N2OS/c1-8(9-2-6-13-7-3-9)12-5-4-11-10(12)14/h4-5,8-9H,2-3,6-7H2,1H3,(H,11,14). The molecule has 0 aromatic carbocycles. The maximum absolute atomic E-state index is 5.35. The first kappa shape index (κ1) is 9.93. The lowest BCUT2D eigenvalue weighted by Gasteiger charge is -2.28. The molecule has 1 saturated heterocycles. The lowest BCUT2D eigenvalue weighted by molar-refractivity contribution is 0.0511. The largest absolute Gasteiger partial charge is 0.381 e. The second kappa shape index (κ2) is 4.28. The van der Waals surface area contributed by atoms with Crippen LogP contribution in [0.3, 0.4) is 0 Å². The van der Waals surface area contributed by atoms with Crippen molar-refractivity contribution >= 4 is 12.2 Å². The van der Waals surface area contributed by atoms with Gasteiger partial charge in [0.15, 0.2) is 4.77 Å². The van der Waals surface area contributed by atoms with Gasteiger partial charge in [0.25, 0.3) is 0 Å². The molecule has 2 heterocycles. The molecule has 0 aliphatic carbocycles. The predicted molar refractivity (Wildman–Crippen MR) is 57.9 cm³/mol. The molecule has 1 unspecified atom stereocenters. The molecule has 1 fully saturated rings. The van der Waals surface area contributed by atoms with Crippen LogP contribution in [0.1, 0.15) is 25.8 Å². The van der Waals surface area contributed by atoms with Gasteiger partial charge in [0.1, 0.15) is 0 Å². The molecular weight excluding hydrogens is 196 g/mol. The van der Waals surface area contributed by atoms with Gasteiger partial charge in [-0.3, -0.25) is 0 Å². The van der Waals surface area contributed by atoms with Gasteiger partial charge in [-0.2, -0.15) is 0 Å². The van der Waals surface area contributed by atoms with Gasteiger partial charge >= 0.3 is 0 Å². The fourth-order valence-electron chi connectivity index (χ4n) is 2.08. The predicted octanol–water partition coefficient (Wildman–Crippen LogP) is 2.53. The zero-order chi connectivity index (χ0) is 9.97. The van der Waals surface area contributed by atoms with E-state index in [4.69, 9.17) is 17.0 Å². The number of nitrogens with one attached hydrogen (secondary N) is 1. The number of ether oxygens (including phenoxy) is 1. The van der Waals surface area contributed by atoms with Crippen molar-refractivity contribution in [3.63, 3.8) is 0 Å². The summed E-state index contributed by atoms with van der Waals surface area (Å²) >= 11 is 5.21. The average molecular weight is 212 g/mol. The van der Waals surface area contributed by atoms with E-state index in [9.17, 15) is 0 Å². The first-order valence-electron chi connectivity index (χ1n) is 5.12. The molecule has 2 rings (SSSR count). The number of hydrogen-bond donors (Lipinski definition) is 1. The monoisotopic (exact) mass is 212 g/mol. The van der Waals surface area contributed by atoms with Gasteiger partial charge in [0.2, 0.25) is 0 Å². The summed E-state index contributed by atoms with van der Waals surface area (Å²) in [6.07, 6.45) is 6.23. The zero-order valence-corrected chi connectivity index (χ0v) is 9.22. The van der Waals surface area contributed by atoms with Gasteiger partial charge in [0, 0.05) is 31.6 Å². The van der Waals surface area contributed by atoms with Gasteiger partial charge in [-0.05, 0) is 37.9 Å². The SMILES string of the molecule is CC(C1CCOCC1)n1cc[nH]c1=S. The quantitative estimate of drug-likeness (QED) is 0.763. The third kappa shape index (κ3) is 1.91. The Kier molecular flexibility index (Phi) is 3.03. The highest BCUT2D eigenvalue weighted by atomic mass is 32.1. The molecule has 78 valence electrons. The van der Waals surface area contributed by atoms with Crippen molar-refractivity contribution < 1.29 is 4.74 Å². The molecular formula is C10H16N2OS. The number of hydrogen-bond acceptors (Lipinski definition) is 2. The number of H-pyrrole nitrogens is 1. The lowest BCUT2D eigenvalue weighted by atomic mass is 9.93. The van der Waals surface area contributed by atoms with Crippen LogP contribution in [-0.2, 0) is 4.74 Å². The summed E-state index contributed by atoms with van der Waals surface area (Å²) in [5.41, 5.74) is 0. The fourth-order valence-corrected chi connectivity index (χ4v) is 2.37. The van der Waals surface area contributed by atoms with Crippen molar-refractivity contribution in [1.29, 1.82) is 0 Å². The maximum Gasteiger partial charge on any atom is 0.177 e. The Morgan fingerprint density at radius 2 is 2.29 bits per heavy atom. The summed E-state index contributed by atoms with van der Waals surface area (Å²) in [7, 11) is 0. The first-order chi connectivity index (χ1) is 6.79. The Hall–Kier alpha value is -0.610. The van der Waals surface area contributed by atoms with Crippen LogP contribution < -0.4 is 0 Å². The van der Waals surface area contributed by atoms with E-state index in [2.05, 4.69) is 16.5 Å². The highest BCUT2D eigenvalue weighted by molar-refractivity contribution is 7.71. The molecule has 14 heavy (non-hydrogen) atoms. The summed E-state index contributed by atoms with van der Waals surface area (Å²) in [6, 6.07) is 0.484. The highest BCUT2D eigenvalue weighted by Gasteiger charge is 2.21. The Bertz CT molecular complexity index is 338. The summed E-state index contributed by atoms with van der Waals surface area (Å²) in [5, 5.41) is 0. The lowest BCUT2D eigenvalue weighted by Crippen LogP contribution is -2.23. The van der Waals surface area contributed by atoms with Crippen molar-refractivity contribution in [3.8, 4) is 0 Å². The summed E-state index contributed by atoms with van der Waals surface area (Å²) in [4.78, 5) is 3.04. The normalized spacial score (nSPS) is 20.9. The van der Waals surface area contributed by atoms with Gasteiger partial charge in [-0.1, -0.05) is 0 Å². The Morgan fingerprint density at radius 1 is 1.57 bits per heavy atom. The number of rotatable bonds is 2. The van der Waals surface area contributed by atoms with E-state index >= 15 is 0 Å². The number of aromatic amines is 1. The molecule has 1 aromatic heterocycles. The third-order valence-corrected chi connectivity index (χ3v) is 3.39. The molecule has 4 heteroatoms. The molecule has 0 bridgehead atoms. The van der Waals surface area contributed by atoms with E-state index < -0.39 is 0 Å². The van der Waals surface area contributed by atoms with E-state index in [0.717, 1.165) is 30.8 Å². The number of aromatic nitrogens is 2. The van der Waals surface area contributed by atoms with Crippen LogP contribution in [0.5, 0.6) is 0 Å². The van der Waals surface area contributed by atoms with Crippen LogP contribution in [0.25, 0.3) is 0 Å². The van der Waals surface area contributed by atoms with Crippen LogP contribution in [0.15, 0.2) is 12.4 Å². The Labute approximate surface area is 89.1 Å². The summed E-state index contributed by atoms with van der Waals surface area (Å²) in [6.45, 7) is 4.03. The maximum atomic E-state index is 5.35. The minimum atomic E-state index is 0.484. The zero-order valence-electron chi connectivity index (χ0n) is 8.40. The molecule has 0 saturated carbocycles. The minimum absolute atomic E-state index is 0.484. The van der Waals surface area contributed by atoms with Gasteiger partial charge in [-0.25, -0.2) is 0 Å². The molecule has 3 nitrogen and oxygen atoms in total. The Morgan fingerprint density at radius 3 is 2.86 bits per heavy atom. The molecule has 0 spiro atoms. The summed E-state index contributed by atoms with van der Waals surface area (Å²) in [5.74, 6) is 0.700. The van der Waals surface area contributed by atoms with Crippen LogP contribution in [0.4, 0.5) is 0 Å². The summed E-state index contributed by atoms with van der Waals surface area (Å²) < 4.78 is 8.32. The van der Waals surface area contributed by atoms with Crippen molar-refractivity contribution in [2.24, 2.45) is 5.92 Å². The molecule has 0 radical (unpaired) electrons. The van der Waals surface area contributed by atoms with E-state index in [1.807, 2.05) is 12.4 Å². The Balaban J connectivity index is 2.11. The van der Waals surface area contributed by atoms with E-state index in [1.165, 1.54) is 0 Å². The van der Waals surface area contributed by atoms with Crippen molar-refractivity contribution in [1.82, 2.24) is 9.55 Å². The van der Waals surface area contributed by atoms with Crippen molar-refractivity contribution in [3.05, 3.63) is 17.2 Å². The van der Waals surface area contributed by atoms with Crippen LogP contribution >= 0.6 is 12.2 Å². The fraction of sp³-hybridized carbons (Fsp3) is 0.700. The molecule has 1 N–H and O–H groups in total. The number of imidazole rings is 1. The highest BCUT2D eigenvalue weighted by Crippen LogP contribution is 2.27. The van der Waals surface area contributed by atoms with Gasteiger partial charge < -0.3 is 14.3 Å². The molecule has 0 amide bonds. The van der Waals surface area contributed by atoms with Gasteiger partial charge in [-0.15, -0.1) is 0 Å². The molecule has 1 atom stereocenters. The van der Waals surface area contributed by atoms with Gasteiger partial charge in [0.05, 0.1) is 0 Å².